The summed E-state index contributed by atoms with van der Waals surface area (Å²) in [5, 5.41) is 24.8. The van der Waals surface area contributed by atoms with E-state index in [4.69, 9.17) is 28.4 Å². The fraction of sp³-hybridized carbons (Fsp3) is 0.786. The Morgan fingerprint density at radius 1 is 0.585 bits per heavy atom. The number of ether oxygens (including phenoxy) is 6. The van der Waals surface area contributed by atoms with E-state index in [2.05, 4.69) is 12.2 Å². The van der Waals surface area contributed by atoms with Crippen molar-refractivity contribution in [2.45, 2.75) is 58.3 Å². The maximum absolute atomic E-state index is 11.1. The fourth-order valence-corrected chi connectivity index (χ4v) is 3.73. The third-order valence-corrected chi connectivity index (χ3v) is 5.95. The summed E-state index contributed by atoms with van der Waals surface area (Å²) in [6.07, 6.45) is 10.4. The lowest BCUT2D eigenvalue weighted by molar-refractivity contribution is -0.393. The molecule has 13 nitrogen and oxygen atoms in total. The van der Waals surface area contributed by atoms with Gasteiger partial charge in [-0.1, -0.05) is 51.9 Å². The zero-order valence-electron chi connectivity index (χ0n) is 24.6. The van der Waals surface area contributed by atoms with Crippen LogP contribution in [0.25, 0.3) is 0 Å². The van der Waals surface area contributed by atoms with Crippen molar-refractivity contribution in [1.82, 2.24) is 0 Å². The van der Waals surface area contributed by atoms with E-state index in [9.17, 15) is 20.2 Å². The smallest absolute Gasteiger partial charge is 0.299 e. The molecule has 0 radical (unpaired) electrons. The van der Waals surface area contributed by atoms with Gasteiger partial charge < -0.3 is 33.7 Å². The quantitative estimate of drug-likeness (QED) is 0.0721. The molecule has 0 aliphatic heterocycles. The summed E-state index contributed by atoms with van der Waals surface area (Å²) in [5.74, 6) is 0. The van der Waals surface area contributed by atoms with Gasteiger partial charge in [0.15, 0.2) is 0 Å². The summed E-state index contributed by atoms with van der Waals surface area (Å²) in [6, 6.07) is 3.45. The van der Waals surface area contributed by atoms with Crippen molar-refractivity contribution in [2.24, 2.45) is 0 Å². The number of benzene rings is 1. The van der Waals surface area contributed by atoms with E-state index in [1.807, 2.05) is 0 Å². The molecule has 0 spiro atoms. The molecular weight excluding hydrogens is 538 g/mol. The fourth-order valence-electron chi connectivity index (χ4n) is 3.73. The second kappa shape index (κ2) is 26.5. The third kappa shape index (κ3) is 21.0. The predicted octanol–water partition coefficient (Wildman–Crippen LogP) is 5.16. The first-order chi connectivity index (χ1) is 20.1. The highest BCUT2D eigenvalue weighted by atomic mass is 16.6. The molecule has 13 heteroatoms. The van der Waals surface area contributed by atoms with E-state index in [1.54, 1.807) is 0 Å². The van der Waals surface area contributed by atoms with Crippen molar-refractivity contribution in [3.05, 3.63) is 38.4 Å². The van der Waals surface area contributed by atoms with Gasteiger partial charge in [-0.05, 0) is 12.5 Å². The predicted molar refractivity (Wildman–Crippen MR) is 156 cm³/mol. The van der Waals surface area contributed by atoms with Gasteiger partial charge in [0.25, 0.3) is 11.4 Å². The number of hydrogen-bond acceptors (Lipinski definition) is 11. The van der Waals surface area contributed by atoms with Crippen LogP contribution < -0.4 is 5.32 Å². The summed E-state index contributed by atoms with van der Waals surface area (Å²) in [4.78, 5) is 20.6. The largest absolute Gasteiger partial charge is 0.379 e. The van der Waals surface area contributed by atoms with E-state index < -0.39 is 9.85 Å². The van der Waals surface area contributed by atoms with Crippen molar-refractivity contribution in [1.29, 1.82) is 0 Å². The molecule has 1 rings (SSSR count). The van der Waals surface area contributed by atoms with E-state index in [1.165, 1.54) is 57.1 Å². The summed E-state index contributed by atoms with van der Waals surface area (Å²) in [6.45, 7) is 8.48. The van der Waals surface area contributed by atoms with Gasteiger partial charge in [-0.25, -0.2) is 0 Å². The van der Waals surface area contributed by atoms with E-state index >= 15 is 0 Å². The van der Waals surface area contributed by atoms with Crippen LogP contribution in [-0.2, 0) is 28.4 Å². The van der Waals surface area contributed by atoms with Crippen LogP contribution in [0.2, 0.25) is 0 Å². The molecule has 0 saturated heterocycles. The lowest BCUT2D eigenvalue weighted by Gasteiger charge is -2.09. The number of nitro groups is 2. The molecule has 0 bridgehead atoms. The summed E-state index contributed by atoms with van der Waals surface area (Å²) in [7, 11) is 0. The summed E-state index contributed by atoms with van der Waals surface area (Å²) in [5.41, 5.74) is -0.493. The van der Waals surface area contributed by atoms with E-state index in [0.717, 1.165) is 19.1 Å². The van der Waals surface area contributed by atoms with Crippen LogP contribution >= 0.6 is 0 Å². The van der Waals surface area contributed by atoms with Crippen LogP contribution in [0.15, 0.2) is 18.2 Å². The maximum Gasteiger partial charge on any atom is 0.299 e. The molecule has 0 saturated carbocycles. The third-order valence-electron chi connectivity index (χ3n) is 5.95. The molecule has 41 heavy (non-hydrogen) atoms. The Morgan fingerprint density at radius 3 is 1.49 bits per heavy atom. The molecule has 1 aromatic rings. The highest BCUT2D eigenvalue weighted by Crippen LogP contribution is 2.28. The van der Waals surface area contributed by atoms with Crippen molar-refractivity contribution < 1.29 is 38.3 Å². The van der Waals surface area contributed by atoms with Gasteiger partial charge in [0.1, 0.15) is 5.69 Å². The van der Waals surface area contributed by atoms with Crippen molar-refractivity contribution in [3.63, 3.8) is 0 Å². The average molecular weight is 588 g/mol. The monoisotopic (exact) mass is 587 g/mol. The zero-order chi connectivity index (χ0) is 29.8. The van der Waals surface area contributed by atoms with Gasteiger partial charge >= 0.3 is 0 Å². The second-order valence-corrected chi connectivity index (χ2v) is 9.29. The van der Waals surface area contributed by atoms with Crippen LogP contribution in [-0.4, -0.2) is 95.7 Å². The van der Waals surface area contributed by atoms with Crippen LogP contribution in [0.4, 0.5) is 17.1 Å². The lowest BCUT2D eigenvalue weighted by atomic mass is 10.1. The molecule has 0 aliphatic carbocycles. The normalized spacial score (nSPS) is 11.1. The van der Waals surface area contributed by atoms with Gasteiger partial charge in [0.2, 0.25) is 0 Å². The number of hydrogen-bond donors (Lipinski definition) is 1. The Balaban J connectivity index is 1.79. The van der Waals surface area contributed by atoms with E-state index in [-0.39, 0.29) is 17.1 Å². The molecule has 0 fully saturated rings. The molecule has 0 amide bonds. The Morgan fingerprint density at radius 2 is 1.02 bits per heavy atom. The molecule has 1 N–H and O–H groups in total. The topological polar surface area (TPSA) is 154 Å². The van der Waals surface area contributed by atoms with Crippen molar-refractivity contribution in [3.8, 4) is 0 Å². The minimum atomic E-state index is -0.674. The number of rotatable bonds is 30. The first-order valence-corrected chi connectivity index (χ1v) is 14.7. The highest BCUT2D eigenvalue weighted by Gasteiger charge is 2.19. The van der Waals surface area contributed by atoms with Gasteiger partial charge in [0, 0.05) is 19.2 Å². The molecule has 0 heterocycles. The van der Waals surface area contributed by atoms with Crippen molar-refractivity contribution >= 4 is 17.1 Å². The number of nitrogens with zero attached hydrogens (tertiary/aromatic N) is 2. The molecule has 0 aliphatic rings. The molecule has 0 atom stereocenters. The van der Waals surface area contributed by atoms with Crippen molar-refractivity contribution in [2.75, 3.05) is 91.1 Å². The zero-order valence-corrected chi connectivity index (χ0v) is 24.6. The minimum Gasteiger partial charge on any atom is -0.379 e. The van der Waals surface area contributed by atoms with Gasteiger partial charge in [-0.15, -0.1) is 0 Å². The van der Waals surface area contributed by atoms with Gasteiger partial charge in [0.05, 0.1) is 88.6 Å². The Labute approximate surface area is 243 Å². The van der Waals surface area contributed by atoms with E-state index in [0.29, 0.717) is 79.2 Å². The van der Waals surface area contributed by atoms with Crippen LogP contribution in [0.3, 0.4) is 0 Å². The number of anilines is 1. The van der Waals surface area contributed by atoms with Gasteiger partial charge in [-0.3, -0.25) is 20.2 Å². The molecule has 1 aromatic carbocycles. The first-order valence-electron chi connectivity index (χ1n) is 14.7. The summed E-state index contributed by atoms with van der Waals surface area (Å²) >= 11 is 0. The highest BCUT2D eigenvalue weighted by molar-refractivity contribution is 5.65. The average Bonchev–Trinajstić information content (AvgIpc) is 2.96. The Kier molecular flexibility index (Phi) is 23.6. The van der Waals surface area contributed by atoms with Crippen LogP contribution in [0, 0.1) is 20.2 Å². The van der Waals surface area contributed by atoms with Gasteiger partial charge in [-0.2, -0.15) is 0 Å². The number of nitro benzene ring substituents is 2. The van der Waals surface area contributed by atoms with Crippen LogP contribution in [0.5, 0.6) is 0 Å². The Hall–Kier alpha value is -2.42. The SMILES string of the molecule is CCCCCCCCCCOCCOCCOCCOCCOCCOCCNc1ccc([N+](=O)[O-])cc1[N+](=O)[O-]. The number of nitrogens with one attached hydrogen (secondary N) is 1. The summed E-state index contributed by atoms with van der Waals surface area (Å²) < 4.78 is 32.8. The molecule has 0 unspecified atom stereocenters. The first kappa shape index (κ1) is 36.6. The second-order valence-electron chi connectivity index (χ2n) is 9.29. The Bertz CT molecular complexity index is 800. The van der Waals surface area contributed by atoms with Crippen LogP contribution in [0.1, 0.15) is 58.3 Å². The minimum absolute atomic E-state index is 0.197. The molecule has 0 aromatic heterocycles. The number of non-ortho nitro benzene ring substituents is 1. The maximum atomic E-state index is 11.1. The lowest BCUT2D eigenvalue weighted by Crippen LogP contribution is -2.15. The molecule has 236 valence electrons. The standard InChI is InChI=1S/C28H49N3O10/c1-2-3-4-5-6-7-8-9-13-36-15-17-38-19-21-40-23-24-41-22-20-39-18-16-37-14-12-29-27-11-10-26(30(32)33)25-28(27)31(34)35/h10-11,25,29H,2-9,12-24H2,1H3. The molecular formula is C28H49N3O10. The number of unbranched alkanes of at least 4 members (excludes halogenated alkanes) is 7.